The van der Waals surface area contributed by atoms with Crippen LogP contribution in [0.4, 0.5) is 23.5 Å². The predicted molar refractivity (Wildman–Crippen MR) is 117 cm³/mol. The number of rotatable bonds is 8. The second-order valence-electron chi connectivity index (χ2n) is 6.35. The zero-order valence-electron chi connectivity index (χ0n) is 16.3. The van der Waals surface area contributed by atoms with Crippen LogP contribution in [-0.4, -0.2) is 40.2 Å². The molecule has 0 fully saturated rings. The van der Waals surface area contributed by atoms with Crippen LogP contribution in [0.5, 0.6) is 0 Å². The average molecular weight is 427 g/mol. The molecule has 0 aliphatic carbocycles. The molecule has 0 saturated heterocycles. The Labute approximate surface area is 177 Å². The molecule has 30 heavy (non-hydrogen) atoms. The number of nitrogens with one attached hydrogen (secondary N) is 2. The van der Waals surface area contributed by atoms with Crippen molar-refractivity contribution < 1.29 is 4.92 Å². The number of nitro groups is 1. The van der Waals surface area contributed by atoms with E-state index in [9.17, 15) is 10.1 Å². The molecule has 11 heteroatoms. The second-order valence-corrected chi connectivity index (χ2v) is 6.76. The Hall–Kier alpha value is -3.79. The number of aromatic nitrogens is 3. The molecule has 0 aliphatic heterocycles. The van der Waals surface area contributed by atoms with Gasteiger partial charge in [-0.05, 0) is 11.6 Å². The van der Waals surface area contributed by atoms with E-state index >= 15 is 0 Å². The molecule has 154 valence electrons. The van der Waals surface area contributed by atoms with Gasteiger partial charge in [-0.3, -0.25) is 10.1 Å². The van der Waals surface area contributed by atoms with Gasteiger partial charge in [0.2, 0.25) is 17.8 Å². The standard InChI is InChI=1S/C19H19ClN8O2/c1-27(2)19-24-17(21-11-13-6-4-3-5-7-13)23-18(25-19)26-22-12-14-8-9-15(20)16(10-14)28(29)30/h3-10,12H,11H2,1-2H3,(H2,21,23,24,25,26). The van der Waals surface area contributed by atoms with E-state index < -0.39 is 4.92 Å². The molecule has 2 aromatic carbocycles. The van der Waals surface area contributed by atoms with Crippen LogP contribution < -0.4 is 15.6 Å². The summed E-state index contributed by atoms with van der Waals surface area (Å²) >= 11 is 5.82. The minimum absolute atomic E-state index is 0.0623. The first kappa shape index (κ1) is 20.9. The summed E-state index contributed by atoms with van der Waals surface area (Å²) in [5.41, 5.74) is 4.12. The van der Waals surface area contributed by atoms with Crippen molar-refractivity contribution in [2.24, 2.45) is 5.10 Å². The fraction of sp³-hybridized carbons (Fsp3) is 0.158. The molecule has 0 bridgehead atoms. The van der Waals surface area contributed by atoms with Gasteiger partial charge in [-0.25, -0.2) is 5.43 Å². The lowest BCUT2D eigenvalue weighted by Gasteiger charge is -2.13. The van der Waals surface area contributed by atoms with Crippen molar-refractivity contribution in [3.63, 3.8) is 0 Å². The van der Waals surface area contributed by atoms with E-state index in [0.29, 0.717) is 24.0 Å². The molecule has 1 heterocycles. The Bertz CT molecular complexity index is 1060. The molecule has 10 nitrogen and oxygen atoms in total. The van der Waals surface area contributed by atoms with Gasteiger partial charge in [0.15, 0.2) is 0 Å². The normalized spacial score (nSPS) is 10.8. The molecular formula is C19H19ClN8O2. The van der Waals surface area contributed by atoms with Gasteiger partial charge < -0.3 is 10.2 Å². The summed E-state index contributed by atoms with van der Waals surface area (Å²) in [6.07, 6.45) is 1.42. The quantitative estimate of drug-likeness (QED) is 0.318. The first-order valence-corrected chi connectivity index (χ1v) is 9.24. The van der Waals surface area contributed by atoms with Gasteiger partial charge in [0, 0.05) is 32.3 Å². The Kier molecular flexibility index (Phi) is 6.71. The van der Waals surface area contributed by atoms with Crippen LogP contribution in [0, 0.1) is 10.1 Å². The first-order valence-electron chi connectivity index (χ1n) is 8.86. The molecule has 0 saturated carbocycles. The monoisotopic (exact) mass is 426 g/mol. The highest BCUT2D eigenvalue weighted by Crippen LogP contribution is 2.24. The largest absolute Gasteiger partial charge is 0.350 e. The molecule has 0 radical (unpaired) electrons. The maximum absolute atomic E-state index is 11.0. The van der Waals surface area contributed by atoms with E-state index in [1.165, 1.54) is 18.3 Å². The third-order valence-electron chi connectivity index (χ3n) is 3.86. The lowest BCUT2D eigenvalue weighted by Crippen LogP contribution is -2.16. The van der Waals surface area contributed by atoms with Gasteiger partial charge in [-0.1, -0.05) is 48.0 Å². The number of hydrogen-bond acceptors (Lipinski definition) is 9. The Morgan fingerprint density at radius 3 is 2.57 bits per heavy atom. The summed E-state index contributed by atoms with van der Waals surface area (Å²) in [5, 5.41) is 18.3. The van der Waals surface area contributed by atoms with Crippen LogP contribution in [0.2, 0.25) is 5.02 Å². The van der Waals surface area contributed by atoms with E-state index in [1.807, 2.05) is 44.4 Å². The highest BCUT2D eigenvalue weighted by atomic mass is 35.5. The van der Waals surface area contributed by atoms with Gasteiger partial charge in [-0.2, -0.15) is 20.1 Å². The summed E-state index contributed by atoms with van der Waals surface area (Å²) < 4.78 is 0. The molecule has 0 aliphatic rings. The Morgan fingerprint density at radius 1 is 1.13 bits per heavy atom. The van der Waals surface area contributed by atoms with Crippen molar-refractivity contribution in [3.8, 4) is 0 Å². The maximum atomic E-state index is 11.0. The van der Waals surface area contributed by atoms with Crippen molar-refractivity contribution >= 4 is 41.3 Å². The van der Waals surface area contributed by atoms with Gasteiger partial charge in [0.25, 0.3) is 5.69 Å². The fourth-order valence-electron chi connectivity index (χ4n) is 2.39. The van der Waals surface area contributed by atoms with Crippen molar-refractivity contribution in [3.05, 3.63) is 74.8 Å². The summed E-state index contributed by atoms with van der Waals surface area (Å²) in [4.78, 5) is 25.2. The Balaban J connectivity index is 1.74. The van der Waals surface area contributed by atoms with E-state index in [-0.39, 0.29) is 16.7 Å². The van der Waals surface area contributed by atoms with E-state index in [2.05, 4.69) is 30.8 Å². The van der Waals surface area contributed by atoms with E-state index in [1.54, 1.807) is 11.0 Å². The number of hydrazone groups is 1. The first-order chi connectivity index (χ1) is 14.4. The lowest BCUT2D eigenvalue weighted by atomic mass is 10.2. The number of anilines is 3. The number of hydrogen-bond donors (Lipinski definition) is 2. The minimum Gasteiger partial charge on any atom is -0.350 e. The van der Waals surface area contributed by atoms with E-state index in [0.717, 1.165) is 5.56 Å². The topological polar surface area (TPSA) is 121 Å². The third-order valence-corrected chi connectivity index (χ3v) is 4.18. The Morgan fingerprint density at radius 2 is 1.87 bits per heavy atom. The summed E-state index contributed by atoms with van der Waals surface area (Å²) in [5.74, 6) is 1.06. The van der Waals surface area contributed by atoms with Gasteiger partial charge in [-0.15, -0.1) is 0 Å². The highest BCUT2D eigenvalue weighted by molar-refractivity contribution is 6.32. The van der Waals surface area contributed by atoms with Crippen LogP contribution in [-0.2, 0) is 6.54 Å². The molecule has 2 N–H and O–H groups in total. The minimum atomic E-state index is -0.548. The average Bonchev–Trinajstić information content (AvgIpc) is 2.74. The molecular weight excluding hydrogens is 408 g/mol. The zero-order chi connectivity index (χ0) is 21.5. The van der Waals surface area contributed by atoms with Crippen molar-refractivity contribution in [1.82, 2.24) is 15.0 Å². The predicted octanol–water partition coefficient (Wildman–Crippen LogP) is 3.56. The zero-order valence-corrected chi connectivity index (χ0v) is 17.0. The smallest absolute Gasteiger partial charge is 0.288 e. The lowest BCUT2D eigenvalue weighted by molar-refractivity contribution is -0.384. The van der Waals surface area contributed by atoms with Crippen LogP contribution >= 0.6 is 11.6 Å². The highest BCUT2D eigenvalue weighted by Gasteiger charge is 2.12. The molecule has 0 spiro atoms. The van der Waals surface area contributed by atoms with Crippen LogP contribution in [0.1, 0.15) is 11.1 Å². The van der Waals surface area contributed by atoms with Crippen LogP contribution in [0.3, 0.4) is 0 Å². The fourth-order valence-corrected chi connectivity index (χ4v) is 2.57. The summed E-state index contributed by atoms with van der Waals surface area (Å²) in [6.45, 7) is 0.550. The van der Waals surface area contributed by atoms with Gasteiger partial charge >= 0.3 is 0 Å². The molecule has 3 rings (SSSR count). The van der Waals surface area contributed by atoms with E-state index in [4.69, 9.17) is 11.6 Å². The summed E-state index contributed by atoms with van der Waals surface area (Å²) in [6, 6.07) is 14.2. The van der Waals surface area contributed by atoms with Crippen molar-refractivity contribution in [2.45, 2.75) is 6.54 Å². The maximum Gasteiger partial charge on any atom is 0.288 e. The van der Waals surface area contributed by atoms with Gasteiger partial charge in [0.1, 0.15) is 5.02 Å². The van der Waals surface area contributed by atoms with Gasteiger partial charge in [0.05, 0.1) is 11.1 Å². The number of halogens is 1. The number of nitro benzene ring substituents is 1. The van der Waals surface area contributed by atoms with Crippen LogP contribution in [0.25, 0.3) is 0 Å². The molecule has 0 unspecified atom stereocenters. The van der Waals surface area contributed by atoms with Crippen LogP contribution in [0.15, 0.2) is 53.6 Å². The number of benzene rings is 2. The SMILES string of the molecule is CN(C)c1nc(NCc2ccccc2)nc(NN=Cc2ccc(Cl)c([N+](=O)[O-])c2)n1. The molecule has 0 amide bonds. The summed E-state index contributed by atoms with van der Waals surface area (Å²) in [7, 11) is 3.63. The number of nitrogens with zero attached hydrogens (tertiary/aromatic N) is 6. The third kappa shape index (κ3) is 5.61. The van der Waals surface area contributed by atoms with Crippen molar-refractivity contribution in [1.29, 1.82) is 0 Å². The molecule has 3 aromatic rings. The molecule has 1 aromatic heterocycles. The molecule has 0 atom stereocenters. The second kappa shape index (κ2) is 9.61. The van der Waals surface area contributed by atoms with Crippen molar-refractivity contribution in [2.75, 3.05) is 29.7 Å².